The lowest BCUT2D eigenvalue weighted by Crippen LogP contribution is -2.55. The van der Waals surface area contributed by atoms with Crippen molar-refractivity contribution in [3.05, 3.63) is 187 Å². The molecule has 0 radical (unpaired) electrons. The Balaban J connectivity index is 0.957. The van der Waals surface area contributed by atoms with E-state index in [1.807, 2.05) is 60.7 Å². The molecule has 4 fully saturated rings. The van der Waals surface area contributed by atoms with Gasteiger partial charge < -0.3 is 0 Å². The van der Waals surface area contributed by atoms with E-state index in [-0.39, 0.29) is 5.41 Å². The molecule has 0 amide bonds. The lowest BCUT2D eigenvalue weighted by molar-refractivity contribution is -0.0399. The highest BCUT2D eigenvalue weighted by atomic mass is 15.0. The Bertz CT molecular complexity index is 2910. The van der Waals surface area contributed by atoms with Crippen LogP contribution in [-0.2, 0) is 5.41 Å². The molecule has 8 aromatic rings. The number of rotatable bonds is 6. The van der Waals surface area contributed by atoms with Crippen LogP contribution in [0, 0.1) is 35.0 Å². The summed E-state index contributed by atoms with van der Waals surface area (Å²) in [6, 6.07) is 62.9. The zero-order chi connectivity index (χ0) is 39.8. The highest BCUT2D eigenvalue weighted by Crippen LogP contribution is 2.69. The van der Waals surface area contributed by atoms with E-state index in [2.05, 4.69) is 115 Å². The molecule has 1 aromatic heterocycles. The van der Waals surface area contributed by atoms with E-state index < -0.39 is 0 Å². The van der Waals surface area contributed by atoms with Crippen LogP contribution in [0.25, 0.3) is 78.7 Å². The minimum atomic E-state index is 0.0107. The number of hydrogen-bond acceptors (Lipinski definition) is 4. The lowest BCUT2D eigenvalue weighted by Gasteiger charge is -2.61. The number of aromatic nitrogens is 3. The van der Waals surface area contributed by atoms with E-state index in [1.165, 1.54) is 71.0 Å². The molecule has 286 valence electrons. The van der Waals surface area contributed by atoms with Crippen molar-refractivity contribution in [3.63, 3.8) is 0 Å². The predicted molar refractivity (Wildman–Crippen MR) is 240 cm³/mol. The van der Waals surface area contributed by atoms with Gasteiger partial charge in [-0.05, 0) is 136 Å². The van der Waals surface area contributed by atoms with Crippen molar-refractivity contribution in [3.8, 4) is 84.7 Å². The Morgan fingerprint density at radius 1 is 0.383 bits per heavy atom. The molecule has 0 saturated heterocycles. The third-order valence-corrected chi connectivity index (χ3v) is 14.4. The number of fused-ring (bicyclic) bond motifs is 3. The van der Waals surface area contributed by atoms with Crippen LogP contribution in [0.4, 0.5) is 0 Å². The first-order chi connectivity index (χ1) is 29.6. The van der Waals surface area contributed by atoms with Crippen molar-refractivity contribution >= 4 is 0 Å². The second kappa shape index (κ2) is 13.8. The topological polar surface area (TPSA) is 62.5 Å². The quantitative estimate of drug-likeness (QED) is 0.169. The van der Waals surface area contributed by atoms with E-state index in [4.69, 9.17) is 15.0 Å². The second-order valence-electron chi connectivity index (χ2n) is 17.5. The standard InChI is InChI=1S/C56H42N4/c57-34-45-14-7-8-17-48(45)38-20-18-37(19-21-38)42-22-24-49-50-25-23-43(33-52(50)56(51(49)32-42)46-27-35-26-36(29-46)30-47(56)28-35)41-15-9-16-44(31-41)55-59-53(39-10-3-1-4-11-39)58-54(60-55)40-12-5-2-6-13-40/h1-25,31-33,35-36,46-47H,26-30H2. The van der Waals surface area contributed by atoms with Crippen LogP contribution >= 0.6 is 0 Å². The maximum Gasteiger partial charge on any atom is 0.164 e. The molecule has 13 rings (SSSR count). The maximum atomic E-state index is 9.76. The molecule has 4 heteroatoms. The van der Waals surface area contributed by atoms with Crippen LogP contribution in [0.15, 0.2) is 170 Å². The number of hydrogen-bond donors (Lipinski definition) is 0. The van der Waals surface area contributed by atoms with Gasteiger partial charge in [-0.3, -0.25) is 0 Å². The predicted octanol–water partition coefficient (Wildman–Crippen LogP) is 13.5. The highest BCUT2D eigenvalue weighted by molar-refractivity contribution is 5.87. The van der Waals surface area contributed by atoms with Gasteiger partial charge in [0.1, 0.15) is 0 Å². The molecular formula is C56H42N4. The van der Waals surface area contributed by atoms with Crippen LogP contribution in [0.1, 0.15) is 48.8 Å². The van der Waals surface area contributed by atoms with Crippen molar-refractivity contribution in [1.82, 2.24) is 15.0 Å². The fourth-order valence-corrected chi connectivity index (χ4v) is 12.0. The normalized spacial score (nSPS) is 21.7. The lowest BCUT2D eigenvalue weighted by atomic mass is 9.43. The molecule has 0 aliphatic heterocycles. The number of nitriles is 1. The van der Waals surface area contributed by atoms with E-state index in [0.29, 0.717) is 34.9 Å². The van der Waals surface area contributed by atoms with Crippen LogP contribution in [0.3, 0.4) is 0 Å². The van der Waals surface area contributed by atoms with Gasteiger partial charge in [-0.15, -0.1) is 0 Å². The monoisotopic (exact) mass is 770 g/mol. The van der Waals surface area contributed by atoms with E-state index >= 15 is 0 Å². The Morgan fingerprint density at radius 3 is 1.42 bits per heavy atom. The molecule has 0 N–H and O–H groups in total. The molecule has 0 atom stereocenters. The first kappa shape index (κ1) is 35.0. The van der Waals surface area contributed by atoms with Crippen molar-refractivity contribution < 1.29 is 0 Å². The molecular weight excluding hydrogens is 729 g/mol. The average molecular weight is 771 g/mol. The van der Waals surface area contributed by atoms with Crippen LogP contribution in [-0.4, -0.2) is 15.0 Å². The van der Waals surface area contributed by atoms with E-state index in [1.54, 1.807) is 5.56 Å². The molecule has 4 bridgehead atoms. The minimum absolute atomic E-state index is 0.0107. The van der Waals surface area contributed by atoms with Gasteiger partial charge in [0.25, 0.3) is 0 Å². The van der Waals surface area contributed by atoms with E-state index in [0.717, 1.165) is 39.7 Å². The van der Waals surface area contributed by atoms with Gasteiger partial charge in [0.2, 0.25) is 0 Å². The first-order valence-electron chi connectivity index (χ1n) is 21.5. The highest BCUT2D eigenvalue weighted by Gasteiger charge is 2.61. The molecule has 1 spiro atoms. The number of nitrogens with zero attached hydrogens (tertiary/aromatic N) is 4. The van der Waals surface area contributed by atoms with Gasteiger partial charge in [-0.1, -0.05) is 146 Å². The van der Waals surface area contributed by atoms with Crippen LogP contribution in [0.5, 0.6) is 0 Å². The average Bonchev–Trinajstić information content (AvgIpc) is 3.60. The molecule has 4 saturated carbocycles. The van der Waals surface area contributed by atoms with Crippen molar-refractivity contribution in [1.29, 1.82) is 5.26 Å². The smallest absolute Gasteiger partial charge is 0.164 e. The Morgan fingerprint density at radius 2 is 0.833 bits per heavy atom. The van der Waals surface area contributed by atoms with Gasteiger partial charge >= 0.3 is 0 Å². The summed E-state index contributed by atoms with van der Waals surface area (Å²) in [5.74, 6) is 5.03. The third-order valence-electron chi connectivity index (χ3n) is 14.4. The van der Waals surface area contributed by atoms with Gasteiger partial charge in [-0.2, -0.15) is 5.26 Å². The summed E-state index contributed by atoms with van der Waals surface area (Å²) in [7, 11) is 0. The van der Waals surface area contributed by atoms with E-state index in [9.17, 15) is 5.26 Å². The molecule has 7 aromatic carbocycles. The first-order valence-corrected chi connectivity index (χ1v) is 21.5. The second-order valence-corrected chi connectivity index (χ2v) is 17.5. The molecule has 60 heavy (non-hydrogen) atoms. The summed E-state index contributed by atoms with van der Waals surface area (Å²) >= 11 is 0. The van der Waals surface area contributed by atoms with Gasteiger partial charge in [0.15, 0.2) is 17.5 Å². The fourth-order valence-electron chi connectivity index (χ4n) is 12.0. The Kier molecular flexibility index (Phi) is 8.07. The maximum absolute atomic E-state index is 9.76. The van der Waals surface area contributed by atoms with Crippen molar-refractivity contribution in [2.45, 2.75) is 37.5 Å². The summed E-state index contributed by atoms with van der Waals surface area (Å²) in [6.45, 7) is 0. The van der Waals surface area contributed by atoms with Crippen molar-refractivity contribution in [2.24, 2.45) is 23.7 Å². The zero-order valence-corrected chi connectivity index (χ0v) is 33.3. The molecule has 5 aliphatic carbocycles. The Hall–Kier alpha value is -6.96. The summed E-state index contributed by atoms with van der Waals surface area (Å²) < 4.78 is 0. The van der Waals surface area contributed by atoms with Crippen molar-refractivity contribution in [2.75, 3.05) is 0 Å². The van der Waals surface area contributed by atoms with Crippen LogP contribution in [0.2, 0.25) is 0 Å². The molecule has 4 nitrogen and oxygen atoms in total. The number of benzene rings is 7. The zero-order valence-electron chi connectivity index (χ0n) is 33.3. The SMILES string of the molecule is N#Cc1ccccc1-c1ccc(-c2ccc3c(c2)C2(c4cc(-c5cccc(-c6nc(-c7ccccc7)nc(-c7ccccc7)n6)c5)ccc4-3)C3CC4CC(C3)CC2C4)cc1. The summed E-state index contributed by atoms with van der Waals surface area (Å²) in [4.78, 5) is 15.1. The fraction of sp³-hybridized carbons (Fsp3) is 0.179. The summed E-state index contributed by atoms with van der Waals surface area (Å²) in [5.41, 5.74) is 16.5. The minimum Gasteiger partial charge on any atom is -0.208 e. The van der Waals surface area contributed by atoms with Gasteiger partial charge in [0, 0.05) is 22.1 Å². The largest absolute Gasteiger partial charge is 0.208 e. The molecule has 5 aliphatic rings. The summed E-state index contributed by atoms with van der Waals surface area (Å²) in [5, 5.41) is 9.76. The molecule has 1 heterocycles. The third kappa shape index (κ3) is 5.53. The van der Waals surface area contributed by atoms with Gasteiger partial charge in [0.05, 0.1) is 11.6 Å². The van der Waals surface area contributed by atoms with Gasteiger partial charge in [-0.25, -0.2) is 15.0 Å². The Labute approximate surface area is 351 Å². The summed E-state index contributed by atoms with van der Waals surface area (Å²) in [6.07, 6.45) is 6.74. The molecule has 0 unspecified atom stereocenters. The van der Waals surface area contributed by atoms with Crippen LogP contribution < -0.4 is 0 Å².